The van der Waals surface area contributed by atoms with Crippen molar-refractivity contribution in [1.82, 2.24) is 10.2 Å². The van der Waals surface area contributed by atoms with Gasteiger partial charge in [-0.1, -0.05) is 0 Å². The molecule has 2 unspecified atom stereocenters. The van der Waals surface area contributed by atoms with Crippen molar-refractivity contribution in [1.29, 1.82) is 0 Å². The molecule has 2 rings (SSSR count). The molecule has 14 heavy (non-hydrogen) atoms. The second-order valence-corrected chi connectivity index (χ2v) is 6.63. The Hall–Kier alpha value is -0.130. The maximum atomic E-state index is 11.3. The first-order valence-corrected chi connectivity index (χ1v) is 7.07. The Morgan fingerprint density at radius 3 is 2.71 bits per heavy atom. The fourth-order valence-electron chi connectivity index (χ4n) is 2.09. The topological polar surface area (TPSA) is 49.4 Å². The van der Waals surface area contributed by atoms with Crippen molar-refractivity contribution in [2.75, 3.05) is 31.1 Å². The van der Waals surface area contributed by atoms with E-state index in [1.54, 1.807) is 0 Å². The summed E-state index contributed by atoms with van der Waals surface area (Å²) in [4.78, 5) is 2.29. The molecular weight excluding hydrogens is 200 g/mol. The molecule has 1 N–H and O–H groups in total. The van der Waals surface area contributed by atoms with Crippen molar-refractivity contribution < 1.29 is 8.42 Å². The van der Waals surface area contributed by atoms with Gasteiger partial charge in [0.1, 0.15) is 0 Å². The van der Waals surface area contributed by atoms with Crippen LogP contribution in [-0.4, -0.2) is 56.5 Å². The van der Waals surface area contributed by atoms with Crippen LogP contribution in [-0.2, 0) is 9.84 Å². The van der Waals surface area contributed by atoms with Crippen molar-refractivity contribution >= 4 is 9.84 Å². The summed E-state index contributed by atoms with van der Waals surface area (Å²) < 4.78 is 22.7. The lowest BCUT2D eigenvalue weighted by Crippen LogP contribution is -2.55. The van der Waals surface area contributed by atoms with Gasteiger partial charge in [0.15, 0.2) is 9.84 Å². The molecule has 2 saturated heterocycles. The van der Waals surface area contributed by atoms with Crippen LogP contribution in [0.2, 0.25) is 0 Å². The molecule has 2 aliphatic heterocycles. The highest BCUT2D eigenvalue weighted by Gasteiger charge is 2.30. The Bertz CT molecular complexity index is 298. The number of hydrogen-bond donors (Lipinski definition) is 1. The van der Waals surface area contributed by atoms with Gasteiger partial charge in [-0.3, -0.25) is 4.90 Å². The van der Waals surface area contributed by atoms with Gasteiger partial charge < -0.3 is 5.32 Å². The van der Waals surface area contributed by atoms with E-state index in [0.29, 0.717) is 24.1 Å². The third kappa shape index (κ3) is 2.27. The first-order valence-electron chi connectivity index (χ1n) is 5.25. The molecule has 2 heterocycles. The molecular formula is C9H18N2O2S. The number of sulfone groups is 1. The quantitative estimate of drug-likeness (QED) is 0.677. The molecule has 0 aromatic carbocycles. The van der Waals surface area contributed by atoms with E-state index in [2.05, 4.69) is 10.2 Å². The van der Waals surface area contributed by atoms with Crippen LogP contribution in [0.4, 0.5) is 0 Å². The van der Waals surface area contributed by atoms with Gasteiger partial charge in [0.2, 0.25) is 0 Å². The molecule has 0 radical (unpaired) electrons. The Morgan fingerprint density at radius 2 is 2.21 bits per heavy atom. The van der Waals surface area contributed by atoms with E-state index in [4.69, 9.17) is 0 Å². The fraction of sp³-hybridized carbons (Fsp3) is 1.00. The van der Waals surface area contributed by atoms with Gasteiger partial charge in [0, 0.05) is 25.2 Å². The maximum Gasteiger partial charge on any atom is 0.153 e. The summed E-state index contributed by atoms with van der Waals surface area (Å²) in [7, 11) is -2.75. The van der Waals surface area contributed by atoms with Gasteiger partial charge in [0.25, 0.3) is 0 Å². The lowest BCUT2D eigenvalue weighted by molar-refractivity contribution is 0.176. The number of nitrogens with one attached hydrogen (secondary N) is 1. The first kappa shape index (κ1) is 10.4. The minimum Gasteiger partial charge on any atom is -0.313 e. The van der Waals surface area contributed by atoms with Crippen molar-refractivity contribution in [3.63, 3.8) is 0 Å². The molecule has 0 amide bonds. The number of rotatable bonds is 2. The third-order valence-electron chi connectivity index (χ3n) is 3.19. The monoisotopic (exact) mass is 218 g/mol. The summed E-state index contributed by atoms with van der Waals surface area (Å²) in [6.07, 6.45) is 1.23. The van der Waals surface area contributed by atoms with E-state index in [1.807, 2.05) is 6.92 Å². The predicted molar refractivity (Wildman–Crippen MR) is 56.1 cm³/mol. The minimum absolute atomic E-state index is 0.191. The molecule has 2 atom stereocenters. The van der Waals surface area contributed by atoms with Crippen LogP contribution in [0.1, 0.15) is 13.3 Å². The van der Waals surface area contributed by atoms with E-state index in [-0.39, 0.29) is 6.04 Å². The molecule has 2 aliphatic rings. The number of hydrogen-bond acceptors (Lipinski definition) is 4. The average Bonchev–Trinajstić information content (AvgIpc) is 1.98. The van der Waals surface area contributed by atoms with Crippen molar-refractivity contribution in [2.24, 2.45) is 0 Å². The Labute approximate surface area is 85.6 Å². The predicted octanol–water partition coefficient (Wildman–Crippen LogP) is -0.533. The third-order valence-corrected chi connectivity index (χ3v) is 4.98. The zero-order chi connectivity index (χ0) is 10.2. The SMILES string of the molecule is CC1CS(=O)(=O)CCN1CC1CCN1. The first-order chi connectivity index (χ1) is 6.57. The van der Waals surface area contributed by atoms with Gasteiger partial charge >= 0.3 is 0 Å². The molecule has 0 aromatic rings. The van der Waals surface area contributed by atoms with Gasteiger partial charge in [-0.05, 0) is 19.9 Å². The molecule has 0 spiro atoms. The summed E-state index contributed by atoms with van der Waals surface area (Å²) in [5.41, 5.74) is 0. The van der Waals surface area contributed by atoms with Crippen LogP contribution < -0.4 is 5.32 Å². The molecule has 2 fully saturated rings. The molecule has 0 aliphatic carbocycles. The van der Waals surface area contributed by atoms with E-state index in [1.165, 1.54) is 6.42 Å². The Kier molecular flexibility index (Phi) is 2.81. The van der Waals surface area contributed by atoms with E-state index >= 15 is 0 Å². The van der Waals surface area contributed by atoms with Crippen LogP contribution in [0.5, 0.6) is 0 Å². The highest BCUT2D eigenvalue weighted by Crippen LogP contribution is 2.14. The standard InChI is InChI=1S/C9H18N2O2S/c1-8-7-14(12,13)5-4-11(8)6-9-2-3-10-9/h8-10H,2-7H2,1H3. The summed E-state index contributed by atoms with van der Waals surface area (Å²) in [5, 5.41) is 3.34. The smallest absolute Gasteiger partial charge is 0.153 e. The molecule has 0 bridgehead atoms. The van der Waals surface area contributed by atoms with Gasteiger partial charge in [-0.25, -0.2) is 8.42 Å². The van der Waals surface area contributed by atoms with Gasteiger partial charge in [-0.15, -0.1) is 0 Å². The highest BCUT2D eigenvalue weighted by atomic mass is 32.2. The summed E-state index contributed by atoms with van der Waals surface area (Å²) in [6, 6.07) is 0.786. The molecule has 82 valence electrons. The Balaban J connectivity index is 1.88. The maximum absolute atomic E-state index is 11.3. The van der Waals surface area contributed by atoms with Crippen molar-refractivity contribution in [3.05, 3.63) is 0 Å². The van der Waals surface area contributed by atoms with Gasteiger partial charge in [-0.2, -0.15) is 0 Å². The van der Waals surface area contributed by atoms with Crippen LogP contribution in [0.15, 0.2) is 0 Å². The van der Waals surface area contributed by atoms with Crippen LogP contribution in [0.3, 0.4) is 0 Å². The molecule has 5 heteroatoms. The minimum atomic E-state index is -2.75. The summed E-state index contributed by atoms with van der Waals surface area (Å²) in [6.45, 7) is 4.85. The average molecular weight is 218 g/mol. The van der Waals surface area contributed by atoms with Gasteiger partial charge in [0.05, 0.1) is 11.5 Å². The van der Waals surface area contributed by atoms with Crippen LogP contribution in [0.25, 0.3) is 0 Å². The van der Waals surface area contributed by atoms with Crippen LogP contribution in [0, 0.1) is 0 Å². The van der Waals surface area contributed by atoms with E-state index < -0.39 is 9.84 Å². The highest BCUT2D eigenvalue weighted by molar-refractivity contribution is 7.91. The van der Waals surface area contributed by atoms with E-state index in [0.717, 1.165) is 13.1 Å². The zero-order valence-electron chi connectivity index (χ0n) is 8.57. The van der Waals surface area contributed by atoms with Crippen molar-refractivity contribution in [3.8, 4) is 0 Å². The van der Waals surface area contributed by atoms with Crippen LogP contribution >= 0.6 is 0 Å². The Morgan fingerprint density at radius 1 is 1.50 bits per heavy atom. The van der Waals surface area contributed by atoms with E-state index in [9.17, 15) is 8.42 Å². The van der Waals surface area contributed by atoms with Crippen molar-refractivity contribution in [2.45, 2.75) is 25.4 Å². The normalized spacial score (nSPS) is 37.8. The second kappa shape index (κ2) is 3.79. The molecule has 4 nitrogen and oxygen atoms in total. The largest absolute Gasteiger partial charge is 0.313 e. The lowest BCUT2D eigenvalue weighted by Gasteiger charge is -2.38. The molecule has 0 aromatic heterocycles. The summed E-state index contributed by atoms with van der Waals surface area (Å²) >= 11 is 0. The fourth-order valence-corrected chi connectivity index (χ4v) is 3.72. The zero-order valence-corrected chi connectivity index (χ0v) is 9.39. The number of nitrogens with zero attached hydrogens (tertiary/aromatic N) is 1. The second-order valence-electron chi connectivity index (χ2n) is 4.40. The summed E-state index contributed by atoms with van der Waals surface area (Å²) in [5.74, 6) is 0.670. The molecule has 0 saturated carbocycles. The lowest BCUT2D eigenvalue weighted by atomic mass is 10.1.